The van der Waals surface area contributed by atoms with E-state index in [1.165, 1.54) is 0 Å². The van der Waals surface area contributed by atoms with Crippen LogP contribution in [0, 0.1) is 0 Å². The molecule has 3 heteroatoms. The summed E-state index contributed by atoms with van der Waals surface area (Å²) in [5, 5.41) is 3.37. The van der Waals surface area contributed by atoms with Crippen LogP contribution in [-0.2, 0) is 9.47 Å². The van der Waals surface area contributed by atoms with E-state index in [4.69, 9.17) is 9.47 Å². The first kappa shape index (κ1) is 7.98. The van der Waals surface area contributed by atoms with Crippen LogP contribution in [0.25, 0.3) is 0 Å². The van der Waals surface area contributed by atoms with Crippen molar-refractivity contribution in [1.29, 1.82) is 0 Å². The molecule has 1 heterocycles. The number of hydrogen-bond donors (Lipinski definition) is 1. The quantitative estimate of drug-likeness (QED) is 0.604. The normalized spacial score (nSPS) is 22.2. The monoisotopic (exact) mass is 145 g/mol. The van der Waals surface area contributed by atoms with E-state index in [1.807, 2.05) is 0 Å². The van der Waals surface area contributed by atoms with Crippen molar-refractivity contribution < 1.29 is 9.47 Å². The minimum absolute atomic E-state index is 0.443. The van der Waals surface area contributed by atoms with Gasteiger partial charge in [0.15, 0.2) is 0 Å². The summed E-state index contributed by atoms with van der Waals surface area (Å²) in [7, 11) is 1.72. The smallest absolute Gasteiger partial charge is 0.0643 e. The lowest BCUT2D eigenvalue weighted by molar-refractivity contribution is -0.0132. The van der Waals surface area contributed by atoms with Crippen molar-refractivity contribution in [3.8, 4) is 0 Å². The molecule has 1 fully saturated rings. The first-order valence-electron chi connectivity index (χ1n) is 3.65. The van der Waals surface area contributed by atoms with E-state index < -0.39 is 0 Å². The lowest BCUT2D eigenvalue weighted by atomic mass is 10.2. The Bertz CT molecular complexity index is 93.6. The lowest BCUT2D eigenvalue weighted by Gasteiger charge is -2.29. The number of hydrogen-bond acceptors (Lipinski definition) is 3. The number of methoxy groups -OCH3 is 1. The van der Waals surface area contributed by atoms with Gasteiger partial charge in [-0.25, -0.2) is 0 Å². The van der Waals surface area contributed by atoms with Gasteiger partial charge in [0.05, 0.1) is 25.9 Å². The van der Waals surface area contributed by atoms with E-state index in [1.54, 1.807) is 7.11 Å². The molecule has 0 unspecified atom stereocenters. The van der Waals surface area contributed by atoms with Crippen molar-refractivity contribution in [1.82, 2.24) is 5.32 Å². The molecule has 1 saturated heterocycles. The largest absolute Gasteiger partial charge is 0.383 e. The van der Waals surface area contributed by atoms with Gasteiger partial charge in [-0.2, -0.15) is 0 Å². The molecule has 0 amide bonds. The second kappa shape index (κ2) is 3.91. The summed E-state index contributed by atoms with van der Waals surface area (Å²) >= 11 is 0. The standard InChI is InChI=1S/C7H15NO2/c1-6(3-9-2)8-7-4-10-5-7/h6-8H,3-5H2,1-2H3/t6-/m1/s1. The van der Waals surface area contributed by atoms with Gasteiger partial charge in [-0.3, -0.25) is 0 Å². The molecule has 0 aromatic rings. The molecule has 0 spiro atoms. The van der Waals surface area contributed by atoms with Gasteiger partial charge in [-0.05, 0) is 6.92 Å². The van der Waals surface area contributed by atoms with Gasteiger partial charge in [-0.15, -0.1) is 0 Å². The molecule has 1 aliphatic rings. The van der Waals surface area contributed by atoms with Crippen LogP contribution in [0.1, 0.15) is 6.92 Å². The molecule has 1 rings (SSSR count). The van der Waals surface area contributed by atoms with E-state index in [9.17, 15) is 0 Å². The average molecular weight is 145 g/mol. The maximum absolute atomic E-state index is 5.01. The van der Waals surface area contributed by atoms with Crippen molar-refractivity contribution in [3.05, 3.63) is 0 Å². The van der Waals surface area contributed by atoms with E-state index in [2.05, 4.69) is 12.2 Å². The van der Waals surface area contributed by atoms with Gasteiger partial charge in [0.2, 0.25) is 0 Å². The third-order valence-corrected chi connectivity index (χ3v) is 1.57. The zero-order chi connectivity index (χ0) is 7.40. The van der Waals surface area contributed by atoms with Crippen molar-refractivity contribution in [2.24, 2.45) is 0 Å². The van der Waals surface area contributed by atoms with Crippen LogP contribution in [0.2, 0.25) is 0 Å². The van der Waals surface area contributed by atoms with Crippen LogP contribution >= 0.6 is 0 Å². The first-order valence-corrected chi connectivity index (χ1v) is 3.65. The fourth-order valence-electron chi connectivity index (χ4n) is 1.03. The van der Waals surface area contributed by atoms with Crippen molar-refractivity contribution in [2.45, 2.75) is 19.0 Å². The van der Waals surface area contributed by atoms with Crippen molar-refractivity contribution in [3.63, 3.8) is 0 Å². The Hall–Kier alpha value is -0.120. The summed E-state index contributed by atoms with van der Waals surface area (Å²) in [6.07, 6.45) is 0. The van der Waals surface area contributed by atoms with E-state index in [0.29, 0.717) is 12.1 Å². The molecule has 60 valence electrons. The highest BCUT2D eigenvalue weighted by Crippen LogP contribution is 2.00. The maximum atomic E-state index is 5.01. The average Bonchev–Trinajstić information content (AvgIpc) is 1.80. The Morgan fingerprint density at radius 1 is 1.70 bits per heavy atom. The van der Waals surface area contributed by atoms with Gasteiger partial charge in [0.25, 0.3) is 0 Å². The number of rotatable bonds is 4. The molecule has 10 heavy (non-hydrogen) atoms. The first-order chi connectivity index (χ1) is 4.83. The van der Waals surface area contributed by atoms with Crippen LogP contribution in [0.3, 0.4) is 0 Å². The van der Waals surface area contributed by atoms with Crippen LogP contribution < -0.4 is 5.32 Å². The van der Waals surface area contributed by atoms with E-state index in [0.717, 1.165) is 19.8 Å². The molecule has 0 aliphatic carbocycles. The highest BCUT2D eigenvalue weighted by atomic mass is 16.5. The summed E-state index contributed by atoms with van der Waals surface area (Å²) in [4.78, 5) is 0. The van der Waals surface area contributed by atoms with Gasteiger partial charge < -0.3 is 14.8 Å². The summed E-state index contributed by atoms with van der Waals surface area (Å²) in [5.74, 6) is 0. The molecule has 1 N–H and O–H groups in total. The van der Waals surface area contributed by atoms with Gasteiger partial charge in [-0.1, -0.05) is 0 Å². The fraction of sp³-hybridized carbons (Fsp3) is 1.00. The Labute approximate surface area is 61.7 Å². The van der Waals surface area contributed by atoms with Crippen LogP contribution in [0.15, 0.2) is 0 Å². The van der Waals surface area contributed by atoms with Crippen LogP contribution in [0.4, 0.5) is 0 Å². The second-order valence-electron chi connectivity index (χ2n) is 2.76. The molecule has 0 aromatic carbocycles. The minimum Gasteiger partial charge on any atom is -0.383 e. The third kappa shape index (κ3) is 2.25. The number of nitrogens with one attached hydrogen (secondary N) is 1. The van der Waals surface area contributed by atoms with Gasteiger partial charge in [0.1, 0.15) is 0 Å². The predicted molar refractivity (Wildman–Crippen MR) is 39.1 cm³/mol. The Kier molecular flexibility index (Phi) is 3.12. The molecule has 1 atom stereocenters. The van der Waals surface area contributed by atoms with E-state index >= 15 is 0 Å². The summed E-state index contributed by atoms with van der Waals surface area (Å²) in [6, 6.07) is 1.00. The van der Waals surface area contributed by atoms with Crippen molar-refractivity contribution in [2.75, 3.05) is 26.9 Å². The summed E-state index contributed by atoms with van der Waals surface area (Å²) in [5.41, 5.74) is 0. The molecular weight excluding hydrogens is 130 g/mol. The molecule has 0 bridgehead atoms. The zero-order valence-corrected chi connectivity index (χ0v) is 6.59. The molecule has 0 radical (unpaired) electrons. The molecule has 3 nitrogen and oxygen atoms in total. The molecule has 1 aliphatic heterocycles. The topological polar surface area (TPSA) is 30.5 Å². The summed E-state index contributed by atoms with van der Waals surface area (Å²) < 4.78 is 9.98. The van der Waals surface area contributed by atoms with Crippen LogP contribution in [-0.4, -0.2) is 39.0 Å². The summed E-state index contributed by atoms with van der Waals surface area (Å²) in [6.45, 7) is 4.60. The fourth-order valence-corrected chi connectivity index (χ4v) is 1.03. The molecule has 0 saturated carbocycles. The molecular formula is C7H15NO2. The maximum Gasteiger partial charge on any atom is 0.0643 e. The second-order valence-corrected chi connectivity index (χ2v) is 2.76. The Morgan fingerprint density at radius 2 is 2.40 bits per heavy atom. The Balaban J connectivity index is 1.99. The van der Waals surface area contributed by atoms with Gasteiger partial charge in [0, 0.05) is 13.2 Å². The van der Waals surface area contributed by atoms with Gasteiger partial charge >= 0.3 is 0 Å². The zero-order valence-electron chi connectivity index (χ0n) is 6.59. The highest BCUT2D eigenvalue weighted by Gasteiger charge is 2.19. The predicted octanol–water partition coefficient (Wildman–Crippen LogP) is 0.00970. The molecule has 0 aromatic heterocycles. The lowest BCUT2D eigenvalue weighted by Crippen LogP contribution is -2.50. The van der Waals surface area contributed by atoms with E-state index in [-0.39, 0.29) is 0 Å². The van der Waals surface area contributed by atoms with Crippen LogP contribution in [0.5, 0.6) is 0 Å². The third-order valence-electron chi connectivity index (χ3n) is 1.57. The van der Waals surface area contributed by atoms with Crippen molar-refractivity contribution >= 4 is 0 Å². The highest BCUT2D eigenvalue weighted by molar-refractivity contribution is 4.76. The SMILES string of the molecule is COC[C@@H](C)NC1COC1. The number of ether oxygens (including phenoxy) is 2. The minimum atomic E-state index is 0.443. The Morgan fingerprint density at radius 3 is 2.80 bits per heavy atom.